The number of aryl methyl sites for hydroxylation is 1. The van der Waals surface area contributed by atoms with Crippen LogP contribution in [0.15, 0.2) is 44.4 Å². The van der Waals surface area contributed by atoms with Crippen molar-refractivity contribution < 1.29 is 8.83 Å². The summed E-state index contributed by atoms with van der Waals surface area (Å²) in [6.07, 6.45) is 0. The average molecular weight is 289 g/mol. The van der Waals surface area contributed by atoms with Gasteiger partial charge in [0.1, 0.15) is 11.3 Å². The Morgan fingerprint density at radius 1 is 1.25 bits per heavy atom. The van der Waals surface area contributed by atoms with Gasteiger partial charge >= 0.3 is 0 Å². The Bertz CT molecular complexity index is 674. The van der Waals surface area contributed by atoms with E-state index in [0.29, 0.717) is 11.1 Å². The van der Waals surface area contributed by atoms with Gasteiger partial charge in [0.05, 0.1) is 6.04 Å². The van der Waals surface area contributed by atoms with Gasteiger partial charge in [-0.05, 0) is 19.2 Å². The topological polar surface area (TPSA) is 64.1 Å². The Kier molecular flexibility index (Phi) is 3.75. The van der Waals surface area contributed by atoms with Crippen LogP contribution in [0.5, 0.6) is 0 Å². The first kappa shape index (κ1) is 13.2. The fraction of sp³-hybridized carbons (Fsp3) is 0.286. The predicted molar refractivity (Wildman–Crippen MR) is 77.8 cm³/mol. The van der Waals surface area contributed by atoms with Gasteiger partial charge < -0.3 is 14.2 Å². The molecule has 0 aliphatic heterocycles. The maximum Gasteiger partial charge on any atom is 0.276 e. The highest BCUT2D eigenvalue weighted by molar-refractivity contribution is 7.99. The summed E-state index contributed by atoms with van der Waals surface area (Å²) < 4.78 is 11.2. The zero-order valence-electron chi connectivity index (χ0n) is 11.3. The molecule has 20 heavy (non-hydrogen) atoms. The highest BCUT2D eigenvalue weighted by atomic mass is 32.2. The van der Waals surface area contributed by atoms with Crippen molar-refractivity contribution in [2.75, 3.05) is 12.8 Å². The lowest BCUT2D eigenvalue weighted by Crippen LogP contribution is -2.18. The van der Waals surface area contributed by atoms with E-state index in [0.717, 1.165) is 22.5 Å². The summed E-state index contributed by atoms with van der Waals surface area (Å²) in [5, 5.41) is 12.7. The summed E-state index contributed by atoms with van der Waals surface area (Å²) in [6.45, 7) is 1.78. The number of furan rings is 1. The molecule has 3 aromatic rings. The van der Waals surface area contributed by atoms with Crippen molar-refractivity contribution in [3.8, 4) is 0 Å². The maximum atomic E-state index is 5.87. The third kappa shape index (κ3) is 2.71. The number of nitrogens with one attached hydrogen (secondary N) is 1. The van der Waals surface area contributed by atoms with E-state index >= 15 is 0 Å². The molecule has 0 amide bonds. The zero-order valence-corrected chi connectivity index (χ0v) is 12.1. The molecule has 2 aromatic heterocycles. The number of aromatic nitrogens is 2. The quantitative estimate of drug-likeness (QED) is 0.728. The number of hydrogen-bond acceptors (Lipinski definition) is 6. The van der Waals surface area contributed by atoms with Crippen LogP contribution in [0.4, 0.5) is 0 Å². The van der Waals surface area contributed by atoms with Crippen LogP contribution < -0.4 is 5.32 Å². The zero-order chi connectivity index (χ0) is 13.9. The summed E-state index contributed by atoms with van der Waals surface area (Å²) in [5.74, 6) is 2.26. The SMILES string of the molecule is CNC(CSc1nnc(C)o1)c1cc2ccccc2o1. The van der Waals surface area contributed by atoms with Crippen molar-refractivity contribution in [1.29, 1.82) is 0 Å². The fourth-order valence-electron chi connectivity index (χ4n) is 1.97. The van der Waals surface area contributed by atoms with E-state index in [2.05, 4.69) is 21.6 Å². The molecule has 0 saturated heterocycles. The van der Waals surface area contributed by atoms with E-state index in [9.17, 15) is 0 Å². The molecule has 0 aliphatic rings. The molecular weight excluding hydrogens is 274 g/mol. The molecule has 1 aromatic carbocycles. The van der Waals surface area contributed by atoms with Crippen molar-refractivity contribution in [3.05, 3.63) is 42.0 Å². The van der Waals surface area contributed by atoms with E-state index in [1.54, 1.807) is 6.92 Å². The van der Waals surface area contributed by atoms with E-state index in [-0.39, 0.29) is 6.04 Å². The first-order valence-corrected chi connectivity index (χ1v) is 7.33. The Morgan fingerprint density at radius 2 is 2.10 bits per heavy atom. The molecule has 2 heterocycles. The van der Waals surface area contributed by atoms with Gasteiger partial charge in [0.2, 0.25) is 5.89 Å². The van der Waals surface area contributed by atoms with Gasteiger partial charge in [0.25, 0.3) is 5.22 Å². The number of thioether (sulfide) groups is 1. The van der Waals surface area contributed by atoms with Crippen LogP contribution in [-0.2, 0) is 0 Å². The number of para-hydroxylation sites is 1. The number of benzene rings is 1. The second-order valence-electron chi connectivity index (χ2n) is 4.43. The minimum Gasteiger partial charge on any atom is -0.459 e. The molecule has 0 radical (unpaired) electrons. The number of hydrogen-bond donors (Lipinski definition) is 1. The Labute approximate surface area is 120 Å². The van der Waals surface area contributed by atoms with Gasteiger partial charge in [0.15, 0.2) is 0 Å². The molecule has 0 spiro atoms. The van der Waals surface area contributed by atoms with Crippen LogP contribution in [0, 0.1) is 6.92 Å². The predicted octanol–water partition coefficient (Wildman–Crippen LogP) is 3.18. The first-order valence-electron chi connectivity index (χ1n) is 6.35. The van der Waals surface area contributed by atoms with Crippen LogP contribution in [0.1, 0.15) is 17.7 Å². The van der Waals surface area contributed by atoms with E-state index in [1.165, 1.54) is 11.8 Å². The molecule has 0 bridgehead atoms. The molecule has 104 valence electrons. The van der Waals surface area contributed by atoms with Crippen LogP contribution >= 0.6 is 11.8 Å². The standard InChI is InChI=1S/C14H15N3O2S/c1-9-16-17-14(18-9)20-8-11(15-2)13-7-10-5-3-4-6-12(10)19-13/h3-7,11,15H,8H2,1-2H3. The average Bonchev–Trinajstić information content (AvgIpc) is 3.05. The van der Waals surface area contributed by atoms with Crippen molar-refractivity contribution in [3.63, 3.8) is 0 Å². The fourth-order valence-corrected chi connectivity index (χ4v) is 2.89. The second-order valence-corrected chi connectivity index (χ2v) is 5.40. The van der Waals surface area contributed by atoms with Gasteiger partial charge in [-0.3, -0.25) is 0 Å². The Balaban J connectivity index is 1.75. The van der Waals surface area contributed by atoms with E-state index in [1.807, 2.05) is 31.3 Å². The third-order valence-electron chi connectivity index (χ3n) is 3.02. The van der Waals surface area contributed by atoms with Gasteiger partial charge in [-0.15, -0.1) is 10.2 Å². The monoisotopic (exact) mass is 289 g/mol. The first-order chi connectivity index (χ1) is 9.76. The summed E-state index contributed by atoms with van der Waals surface area (Å²) >= 11 is 1.52. The second kappa shape index (κ2) is 5.68. The van der Waals surface area contributed by atoms with Crippen molar-refractivity contribution >= 4 is 22.7 Å². The minimum absolute atomic E-state index is 0.0969. The Morgan fingerprint density at radius 3 is 2.80 bits per heavy atom. The maximum absolute atomic E-state index is 5.87. The minimum atomic E-state index is 0.0969. The van der Waals surface area contributed by atoms with Crippen LogP contribution in [0.2, 0.25) is 0 Å². The smallest absolute Gasteiger partial charge is 0.276 e. The van der Waals surface area contributed by atoms with Crippen molar-refractivity contribution in [2.45, 2.75) is 18.2 Å². The van der Waals surface area contributed by atoms with Crippen LogP contribution in [0.3, 0.4) is 0 Å². The van der Waals surface area contributed by atoms with Crippen LogP contribution in [0.25, 0.3) is 11.0 Å². The van der Waals surface area contributed by atoms with Crippen molar-refractivity contribution in [2.24, 2.45) is 0 Å². The summed E-state index contributed by atoms with van der Waals surface area (Å²) in [6, 6.07) is 10.2. The lowest BCUT2D eigenvalue weighted by molar-refractivity contribution is 0.427. The highest BCUT2D eigenvalue weighted by Gasteiger charge is 2.16. The molecule has 0 aliphatic carbocycles. The van der Waals surface area contributed by atoms with Gasteiger partial charge in [-0.2, -0.15) is 0 Å². The molecule has 5 nitrogen and oxygen atoms in total. The molecule has 3 rings (SSSR count). The molecule has 0 saturated carbocycles. The van der Waals surface area contributed by atoms with Gasteiger partial charge in [-0.25, -0.2) is 0 Å². The summed E-state index contributed by atoms with van der Waals surface area (Å²) in [4.78, 5) is 0. The summed E-state index contributed by atoms with van der Waals surface area (Å²) in [7, 11) is 1.91. The number of nitrogens with zero attached hydrogens (tertiary/aromatic N) is 2. The molecule has 0 fully saturated rings. The lowest BCUT2D eigenvalue weighted by atomic mass is 10.2. The van der Waals surface area contributed by atoms with Gasteiger partial charge in [0, 0.05) is 18.1 Å². The lowest BCUT2D eigenvalue weighted by Gasteiger charge is -2.11. The number of fused-ring (bicyclic) bond motifs is 1. The van der Waals surface area contributed by atoms with Crippen molar-refractivity contribution in [1.82, 2.24) is 15.5 Å². The van der Waals surface area contributed by atoms with Gasteiger partial charge in [-0.1, -0.05) is 30.0 Å². The normalized spacial score (nSPS) is 12.9. The van der Waals surface area contributed by atoms with Crippen LogP contribution in [-0.4, -0.2) is 23.0 Å². The Hall–Kier alpha value is -1.79. The molecule has 1 N–H and O–H groups in total. The molecule has 6 heteroatoms. The van der Waals surface area contributed by atoms with E-state index < -0.39 is 0 Å². The molecule has 1 unspecified atom stereocenters. The molecular formula is C14H15N3O2S. The molecule has 1 atom stereocenters. The summed E-state index contributed by atoms with van der Waals surface area (Å²) in [5.41, 5.74) is 0.904. The van der Waals surface area contributed by atoms with E-state index in [4.69, 9.17) is 8.83 Å². The number of rotatable bonds is 5. The highest BCUT2D eigenvalue weighted by Crippen LogP contribution is 2.28. The largest absolute Gasteiger partial charge is 0.459 e. The third-order valence-corrected chi connectivity index (χ3v) is 3.93.